The molecule has 0 radical (unpaired) electrons. The molecule has 0 saturated heterocycles. The minimum Gasteiger partial charge on any atom is -0.355 e. The van der Waals surface area contributed by atoms with Crippen LogP contribution in [-0.4, -0.2) is 57.1 Å². The fourth-order valence-electron chi connectivity index (χ4n) is 7.95. The molecule has 40 heavy (non-hydrogen) atoms. The number of benzene rings is 2. The first kappa shape index (κ1) is 28.7. The first-order valence-corrected chi connectivity index (χ1v) is 16.6. The van der Waals surface area contributed by atoms with Crippen molar-refractivity contribution in [2.24, 2.45) is 17.8 Å². The number of amides is 2. The number of anilines is 1. The Balaban J connectivity index is 1.35. The van der Waals surface area contributed by atoms with Gasteiger partial charge in [-0.15, -0.1) is 0 Å². The summed E-state index contributed by atoms with van der Waals surface area (Å²) in [4.78, 5) is 27.9. The lowest BCUT2D eigenvalue weighted by molar-refractivity contribution is -0.138. The van der Waals surface area contributed by atoms with Crippen LogP contribution >= 0.6 is 0 Å². The van der Waals surface area contributed by atoms with Crippen LogP contribution in [0.15, 0.2) is 54.6 Å². The van der Waals surface area contributed by atoms with Crippen molar-refractivity contribution in [1.82, 2.24) is 10.2 Å². The fraction of sp³-hybridized carbons (Fsp3) is 0.562. The highest BCUT2D eigenvalue weighted by Gasteiger charge is 2.51. The Labute approximate surface area is 239 Å². The second-order valence-corrected chi connectivity index (χ2v) is 14.3. The summed E-state index contributed by atoms with van der Waals surface area (Å²) < 4.78 is 27.1. The van der Waals surface area contributed by atoms with Gasteiger partial charge in [0.15, 0.2) is 0 Å². The predicted molar refractivity (Wildman–Crippen MR) is 158 cm³/mol. The highest BCUT2D eigenvalue weighted by molar-refractivity contribution is 7.92. The van der Waals surface area contributed by atoms with Gasteiger partial charge in [-0.1, -0.05) is 42.5 Å². The number of carbonyl (C=O) groups is 2. The summed E-state index contributed by atoms with van der Waals surface area (Å²) in [5.41, 5.74) is 3.06. The summed E-state index contributed by atoms with van der Waals surface area (Å²) >= 11 is 0. The maximum atomic E-state index is 13.7. The number of hydrogen-bond donors (Lipinski definition) is 1. The first-order chi connectivity index (χ1) is 19.1. The molecule has 216 valence electrons. The summed E-state index contributed by atoms with van der Waals surface area (Å²) in [7, 11) is -3.74. The van der Waals surface area contributed by atoms with Crippen LogP contribution in [-0.2, 0) is 31.4 Å². The Morgan fingerprint density at radius 1 is 0.950 bits per heavy atom. The molecule has 2 amide bonds. The van der Waals surface area contributed by atoms with Gasteiger partial charge in [-0.3, -0.25) is 13.9 Å². The molecule has 4 bridgehead atoms. The minimum atomic E-state index is -3.74. The number of nitrogens with zero attached hydrogens (tertiary/aromatic N) is 2. The zero-order chi connectivity index (χ0) is 28.5. The third kappa shape index (κ3) is 6.07. The summed E-state index contributed by atoms with van der Waals surface area (Å²) in [6.07, 6.45) is 9.52. The van der Waals surface area contributed by atoms with Gasteiger partial charge in [0.1, 0.15) is 12.6 Å². The van der Waals surface area contributed by atoms with E-state index in [0.717, 1.165) is 29.6 Å². The van der Waals surface area contributed by atoms with Gasteiger partial charge in [0.2, 0.25) is 21.8 Å². The summed E-state index contributed by atoms with van der Waals surface area (Å²) in [5, 5.41) is 2.79. The van der Waals surface area contributed by atoms with E-state index in [1.165, 1.54) is 53.3 Å². The molecule has 4 saturated carbocycles. The van der Waals surface area contributed by atoms with Crippen molar-refractivity contribution in [2.75, 3.05) is 30.2 Å². The number of hydrogen-bond acceptors (Lipinski definition) is 4. The SMILES string of the molecule is CCNC(=O)[C@@H](C)N(CCc1ccccc1)C(=O)CN(c1ccc(C23CC4CC(CC(C4)C2)C3)cc1)S(C)(=O)=O. The molecule has 0 aromatic heterocycles. The van der Waals surface area contributed by atoms with Crippen LogP contribution in [0.2, 0.25) is 0 Å². The van der Waals surface area contributed by atoms with Crippen molar-refractivity contribution in [3.63, 3.8) is 0 Å². The van der Waals surface area contributed by atoms with E-state index >= 15 is 0 Å². The molecule has 1 atom stereocenters. The topological polar surface area (TPSA) is 86.8 Å². The van der Waals surface area contributed by atoms with E-state index in [9.17, 15) is 18.0 Å². The third-order valence-electron chi connectivity index (χ3n) is 9.49. The van der Waals surface area contributed by atoms with E-state index in [2.05, 4.69) is 17.4 Å². The minimum absolute atomic E-state index is 0.218. The third-order valence-corrected chi connectivity index (χ3v) is 10.6. The predicted octanol–water partition coefficient (Wildman–Crippen LogP) is 4.52. The highest BCUT2D eigenvalue weighted by atomic mass is 32.2. The summed E-state index contributed by atoms with van der Waals surface area (Å²) in [5.74, 6) is 1.82. The molecular formula is C32H43N3O4S. The van der Waals surface area contributed by atoms with Crippen LogP contribution in [0.5, 0.6) is 0 Å². The molecule has 1 N–H and O–H groups in total. The van der Waals surface area contributed by atoms with Crippen molar-refractivity contribution in [3.05, 3.63) is 65.7 Å². The Morgan fingerprint density at radius 2 is 1.52 bits per heavy atom. The lowest BCUT2D eigenvalue weighted by Crippen LogP contribution is -2.52. The number of likely N-dealkylation sites (N-methyl/N-ethyl adjacent to an activating group) is 1. The molecule has 2 aromatic carbocycles. The maximum Gasteiger partial charge on any atom is 0.244 e. The standard InChI is InChI=1S/C32H43N3O4S/c1-4-33-31(37)23(2)34(15-14-24-8-6-5-7-9-24)30(36)22-35(40(3,38)39)29-12-10-28(11-13-29)32-19-25-16-26(20-32)18-27(17-25)21-32/h5-13,23,25-27H,4,14-22H2,1-3H3,(H,33,37)/t23-,25?,26?,27?,32?/m1/s1. The maximum absolute atomic E-state index is 13.7. The van der Waals surface area contributed by atoms with Gasteiger partial charge >= 0.3 is 0 Å². The highest BCUT2D eigenvalue weighted by Crippen LogP contribution is 2.60. The number of nitrogens with one attached hydrogen (secondary N) is 1. The zero-order valence-corrected chi connectivity index (χ0v) is 24.8. The average Bonchev–Trinajstić information content (AvgIpc) is 2.91. The van der Waals surface area contributed by atoms with Gasteiger partial charge in [0.25, 0.3) is 0 Å². The van der Waals surface area contributed by atoms with E-state index < -0.39 is 22.0 Å². The van der Waals surface area contributed by atoms with Gasteiger partial charge in [0.05, 0.1) is 11.9 Å². The van der Waals surface area contributed by atoms with Gasteiger partial charge < -0.3 is 10.2 Å². The van der Waals surface area contributed by atoms with E-state index in [1.54, 1.807) is 6.92 Å². The summed E-state index contributed by atoms with van der Waals surface area (Å²) in [6, 6.07) is 17.0. The Morgan fingerprint density at radius 3 is 2.05 bits per heavy atom. The van der Waals surface area contributed by atoms with E-state index in [-0.39, 0.29) is 17.9 Å². The van der Waals surface area contributed by atoms with Crippen molar-refractivity contribution >= 4 is 27.5 Å². The number of sulfonamides is 1. The van der Waals surface area contributed by atoms with Crippen LogP contribution in [0.4, 0.5) is 5.69 Å². The lowest BCUT2D eigenvalue weighted by atomic mass is 9.48. The summed E-state index contributed by atoms with van der Waals surface area (Å²) in [6.45, 7) is 3.94. The Hall–Kier alpha value is -2.87. The van der Waals surface area contributed by atoms with Gasteiger partial charge in [-0.25, -0.2) is 8.42 Å². The molecule has 8 heteroatoms. The fourth-order valence-corrected chi connectivity index (χ4v) is 8.80. The lowest BCUT2D eigenvalue weighted by Gasteiger charge is -2.57. The first-order valence-electron chi connectivity index (χ1n) is 14.8. The number of carbonyl (C=O) groups excluding carboxylic acids is 2. The monoisotopic (exact) mass is 565 g/mol. The second-order valence-electron chi connectivity index (χ2n) is 12.4. The van der Waals surface area contributed by atoms with E-state index in [0.29, 0.717) is 25.2 Å². The van der Waals surface area contributed by atoms with Crippen molar-refractivity contribution < 1.29 is 18.0 Å². The molecule has 0 unspecified atom stereocenters. The Kier molecular flexibility index (Phi) is 8.27. The second kappa shape index (κ2) is 11.6. The van der Waals surface area contributed by atoms with E-state index in [1.807, 2.05) is 49.4 Å². The molecule has 0 spiro atoms. The quantitative estimate of drug-likeness (QED) is 0.434. The zero-order valence-electron chi connectivity index (χ0n) is 24.0. The van der Waals surface area contributed by atoms with Crippen LogP contribution in [0.25, 0.3) is 0 Å². The molecule has 0 heterocycles. The largest absolute Gasteiger partial charge is 0.355 e. The molecule has 6 rings (SSSR count). The molecular weight excluding hydrogens is 522 g/mol. The molecule has 4 aliphatic carbocycles. The smallest absolute Gasteiger partial charge is 0.244 e. The Bertz CT molecular complexity index is 1270. The van der Waals surface area contributed by atoms with Gasteiger partial charge in [-0.05, 0) is 105 Å². The average molecular weight is 566 g/mol. The van der Waals surface area contributed by atoms with Crippen LogP contribution in [0, 0.1) is 17.8 Å². The van der Waals surface area contributed by atoms with Crippen molar-refractivity contribution in [2.45, 2.75) is 70.3 Å². The van der Waals surface area contributed by atoms with Crippen LogP contribution < -0.4 is 9.62 Å². The molecule has 4 fully saturated rings. The van der Waals surface area contributed by atoms with Crippen LogP contribution in [0.3, 0.4) is 0 Å². The normalized spacial score (nSPS) is 25.8. The molecule has 0 aliphatic heterocycles. The number of rotatable bonds is 11. The molecule has 2 aromatic rings. The molecule has 4 aliphatic rings. The molecule has 7 nitrogen and oxygen atoms in total. The van der Waals surface area contributed by atoms with Gasteiger partial charge in [-0.2, -0.15) is 0 Å². The van der Waals surface area contributed by atoms with Gasteiger partial charge in [0, 0.05) is 13.1 Å². The van der Waals surface area contributed by atoms with Crippen LogP contribution in [0.1, 0.15) is 63.5 Å². The van der Waals surface area contributed by atoms with E-state index in [4.69, 9.17) is 0 Å². The van der Waals surface area contributed by atoms with Crippen molar-refractivity contribution in [3.8, 4) is 0 Å². The van der Waals surface area contributed by atoms with Crippen molar-refractivity contribution in [1.29, 1.82) is 0 Å².